The number of nitrogens with zero attached hydrogens (tertiary/aromatic N) is 3. The van der Waals surface area contributed by atoms with Gasteiger partial charge in [0.2, 0.25) is 11.0 Å². The molecule has 0 aromatic carbocycles. The average molecular weight is 393 g/mol. The summed E-state index contributed by atoms with van der Waals surface area (Å²) in [5.74, 6) is 0.259. The lowest BCUT2D eigenvalue weighted by Crippen LogP contribution is -2.16. The van der Waals surface area contributed by atoms with Crippen LogP contribution in [0.25, 0.3) is 0 Å². The summed E-state index contributed by atoms with van der Waals surface area (Å²) in [7, 11) is 0. The molecular weight excluding hydrogens is 368 g/mol. The maximum Gasteiger partial charge on any atom is 0.223 e. The topological polar surface area (TPSA) is 76.9 Å². The number of hydrogen-bond donors (Lipinski definition) is 1. The third-order valence-electron chi connectivity index (χ3n) is 4.74. The van der Waals surface area contributed by atoms with Gasteiger partial charge >= 0.3 is 0 Å². The van der Waals surface area contributed by atoms with Crippen molar-refractivity contribution >= 4 is 39.9 Å². The second-order valence-corrected chi connectivity index (χ2v) is 8.91. The fourth-order valence-corrected chi connectivity index (χ4v) is 5.32. The van der Waals surface area contributed by atoms with Gasteiger partial charge in [-0.2, -0.15) is 0 Å². The number of amides is 1. The van der Waals surface area contributed by atoms with Crippen LogP contribution in [0.1, 0.15) is 66.8 Å². The lowest BCUT2D eigenvalue weighted by Gasteiger charge is -2.26. The molecule has 0 unspecified atom stereocenters. The average Bonchev–Trinajstić information content (AvgIpc) is 3.17. The van der Waals surface area contributed by atoms with Crippen LogP contribution in [0.4, 0.5) is 5.13 Å². The minimum absolute atomic E-state index is 0.112. The van der Waals surface area contributed by atoms with E-state index in [0.717, 1.165) is 11.3 Å². The molecule has 140 valence electrons. The fourth-order valence-electron chi connectivity index (χ4n) is 3.63. The molecule has 3 rings (SSSR count). The maximum atomic E-state index is 12.7. The van der Waals surface area contributed by atoms with Crippen molar-refractivity contribution in [2.75, 3.05) is 11.1 Å². The van der Waals surface area contributed by atoms with Crippen LogP contribution in [0.2, 0.25) is 0 Å². The van der Waals surface area contributed by atoms with Crippen molar-refractivity contribution in [3.05, 3.63) is 23.0 Å². The molecule has 1 N–H and O–H groups in total. The number of nitrogens with one attached hydrogen (secondary N) is 1. The SMILES string of the molecule is CC(=O)Nc1nnc(SCC(=O)c2cc(C)n(C3CCCCC3)c2C)s1. The standard InChI is InChI=1S/C18H24N4O2S2/c1-11-9-15(12(2)22(11)14-7-5-4-6-8-14)16(24)10-25-18-21-20-17(26-18)19-13(3)23/h9,14H,4-8,10H2,1-3H3,(H,19,20,23). The molecule has 6 nitrogen and oxygen atoms in total. The van der Waals surface area contributed by atoms with E-state index in [-0.39, 0.29) is 11.7 Å². The van der Waals surface area contributed by atoms with Crippen LogP contribution in [0.5, 0.6) is 0 Å². The van der Waals surface area contributed by atoms with Crippen molar-refractivity contribution in [2.45, 2.75) is 63.3 Å². The third-order valence-corrected chi connectivity index (χ3v) is 6.71. The lowest BCUT2D eigenvalue weighted by molar-refractivity contribution is -0.114. The fraction of sp³-hybridized carbons (Fsp3) is 0.556. The Bertz CT molecular complexity index is 806. The number of rotatable bonds is 6. The van der Waals surface area contributed by atoms with E-state index in [1.165, 1.54) is 67.8 Å². The molecule has 0 radical (unpaired) electrons. The van der Waals surface area contributed by atoms with E-state index < -0.39 is 0 Å². The van der Waals surface area contributed by atoms with Crippen molar-refractivity contribution in [3.63, 3.8) is 0 Å². The van der Waals surface area contributed by atoms with Gasteiger partial charge in [-0.05, 0) is 32.8 Å². The van der Waals surface area contributed by atoms with Crippen molar-refractivity contribution in [2.24, 2.45) is 0 Å². The molecule has 2 heterocycles. The zero-order valence-electron chi connectivity index (χ0n) is 15.4. The third kappa shape index (κ3) is 4.35. The lowest BCUT2D eigenvalue weighted by atomic mass is 9.95. The number of thioether (sulfide) groups is 1. The van der Waals surface area contributed by atoms with Crippen LogP contribution >= 0.6 is 23.1 Å². The predicted molar refractivity (Wildman–Crippen MR) is 105 cm³/mol. The summed E-state index contributed by atoms with van der Waals surface area (Å²) in [6, 6.07) is 2.55. The second kappa shape index (κ2) is 8.35. The molecule has 2 aromatic heterocycles. The first-order valence-corrected chi connectivity index (χ1v) is 10.7. The zero-order chi connectivity index (χ0) is 18.7. The molecule has 8 heteroatoms. The molecule has 0 atom stereocenters. The van der Waals surface area contributed by atoms with Gasteiger partial charge in [0.25, 0.3) is 0 Å². The molecule has 1 saturated carbocycles. The highest BCUT2D eigenvalue weighted by molar-refractivity contribution is 8.01. The smallest absolute Gasteiger partial charge is 0.223 e. The Kier molecular flexibility index (Phi) is 6.13. The summed E-state index contributed by atoms with van der Waals surface area (Å²) in [6.07, 6.45) is 6.27. The number of Topliss-reactive ketones (excluding diaryl/α,β-unsaturated/α-hetero) is 1. The van der Waals surface area contributed by atoms with E-state index in [1.54, 1.807) is 0 Å². The highest BCUT2D eigenvalue weighted by Gasteiger charge is 2.22. The summed E-state index contributed by atoms with van der Waals surface area (Å²) in [4.78, 5) is 23.8. The molecule has 1 aliphatic rings. The Balaban J connectivity index is 1.66. The van der Waals surface area contributed by atoms with Gasteiger partial charge in [-0.25, -0.2) is 0 Å². The van der Waals surface area contributed by atoms with Gasteiger partial charge in [0.15, 0.2) is 10.1 Å². The van der Waals surface area contributed by atoms with Crippen molar-refractivity contribution in [1.82, 2.24) is 14.8 Å². The van der Waals surface area contributed by atoms with Gasteiger partial charge in [0, 0.05) is 29.9 Å². The number of aryl methyl sites for hydroxylation is 1. The Labute approximate surface area is 161 Å². The monoisotopic (exact) mass is 392 g/mol. The minimum atomic E-state index is -0.177. The Hall–Kier alpha value is -1.67. The van der Waals surface area contributed by atoms with Gasteiger partial charge in [-0.3, -0.25) is 9.59 Å². The largest absolute Gasteiger partial charge is 0.345 e. The Morgan fingerprint density at radius 3 is 2.69 bits per heavy atom. The van der Waals surface area contributed by atoms with E-state index >= 15 is 0 Å². The molecule has 1 aliphatic carbocycles. The van der Waals surface area contributed by atoms with Crippen molar-refractivity contribution in [1.29, 1.82) is 0 Å². The van der Waals surface area contributed by atoms with Crippen LogP contribution in [0.15, 0.2) is 10.4 Å². The molecule has 0 spiro atoms. The summed E-state index contributed by atoms with van der Waals surface area (Å²) >= 11 is 2.65. The van der Waals surface area contributed by atoms with Gasteiger partial charge in [-0.15, -0.1) is 10.2 Å². The quantitative estimate of drug-likeness (QED) is 0.448. The summed E-state index contributed by atoms with van der Waals surface area (Å²) < 4.78 is 3.04. The predicted octanol–water partition coefficient (Wildman–Crippen LogP) is 4.40. The van der Waals surface area contributed by atoms with Crippen LogP contribution in [0, 0.1) is 13.8 Å². The molecule has 1 fully saturated rings. The Morgan fingerprint density at radius 2 is 2.00 bits per heavy atom. The summed E-state index contributed by atoms with van der Waals surface area (Å²) in [6.45, 7) is 5.58. The number of hydrogen-bond acceptors (Lipinski definition) is 6. The minimum Gasteiger partial charge on any atom is -0.345 e. The van der Waals surface area contributed by atoms with Crippen LogP contribution in [-0.2, 0) is 4.79 Å². The highest BCUT2D eigenvalue weighted by Crippen LogP contribution is 2.33. The van der Waals surface area contributed by atoms with Crippen LogP contribution in [0.3, 0.4) is 0 Å². The van der Waals surface area contributed by atoms with Crippen LogP contribution in [-0.4, -0.2) is 32.2 Å². The van der Waals surface area contributed by atoms with Gasteiger partial charge < -0.3 is 9.88 Å². The molecule has 0 saturated heterocycles. The van der Waals surface area contributed by atoms with Crippen molar-refractivity contribution < 1.29 is 9.59 Å². The van der Waals surface area contributed by atoms with Gasteiger partial charge in [-0.1, -0.05) is 42.4 Å². The van der Waals surface area contributed by atoms with E-state index in [1.807, 2.05) is 6.07 Å². The molecular formula is C18H24N4O2S2. The van der Waals surface area contributed by atoms with E-state index in [4.69, 9.17) is 0 Å². The van der Waals surface area contributed by atoms with E-state index in [2.05, 4.69) is 33.9 Å². The maximum absolute atomic E-state index is 12.7. The molecule has 0 bridgehead atoms. The molecule has 1 amide bonds. The number of aromatic nitrogens is 3. The van der Waals surface area contributed by atoms with Gasteiger partial charge in [0.1, 0.15) is 0 Å². The molecule has 26 heavy (non-hydrogen) atoms. The number of ketones is 1. The van der Waals surface area contributed by atoms with E-state index in [9.17, 15) is 9.59 Å². The first kappa shape index (κ1) is 19.1. The summed E-state index contributed by atoms with van der Waals surface area (Å²) in [5, 5.41) is 11.0. The van der Waals surface area contributed by atoms with Crippen molar-refractivity contribution in [3.8, 4) is 0 Å². The highest BCUT2D eigenvalue weighted by atomic mass is 32.2. The van der Waals surface area contributed by atoms with E-state index in [0.29, 0.717) is 21.3 Å². The first-order chi connectivity index (χ1) is 12.5. The number of carbonyl (C=O) groups is 2. The second-order valence-electron chi connectivity index (χ2n) is 6.71. The molecule has 0 aliphatic heterocycles. The number of carbonyl (C=O) groups excluding carboxylic acids is 2. The van der Waals surface area contributed by atoms with Crippen LogP contribution < -0.4 is 5.32 Å². The Morgan fingerprint density at radius 1 is 1.27 bits per heavy atom. The van der Waals surface area contributed by atoms with Gasteiger partial charge in [0.05, 0.1) is 5.75 Å². The normalized spacial score (nSPS) is 15.2. The summed E-state index contributed by atoms with van der Waals surface area (Å²) in [5.41, 5.74) is 3.06. The first-order valence-electron chi connectivity index (χ1n) is 8.91. The molecule has 2 aromatic rings. The number of anilines is 1. The zero-order valence-corrected chi connectivity index (χ0v) is 17.0.